The normalized spacial score (nSPS) is 26.7. The predicted molar refractivity (Wildman–Crippen MR) is 141 cm³/mol. The zero-order valence-corrected chi connectivity index (χ0v) is 21.9. The fourth-order valence-electron chi connectivity index (χ4n) is 5.61. The Balaban J connectivity index is 0.00000289. The molecule has 2 atom stereocenters. The van der Waals surface area contributed by atoms with Gasteiger partial charge in [0.2, 0.25) is 0 Å². The van der Waals surface area contributed by atoms with Crippen LogP contribution >= 0.6 is 24.0 Å². The molecule has 32 heavy (non-hydrogen) atoms. The van der Waals surface area contributed by atoms with Gasteiger partial charge in [0.1, 0.15) is 0 Å². The molecule has 0 aromatic heterocycles. The van der Waals surface area contributed by atoms with Gasteiger partial charge in [0.05, 0.1) is 19.3 Å². The molecule has 2 saturated heterocycles. The van der Waals surface area contributed by atoms with Gasteiger partial charge in [-0.05, 0) is 31.2 Å². The summed E-state index contributed by atoms with van der Waals surface area (Å²) in [6.45, 7) is 6.50. The standard InChI is InChI=1S/C25H40N4O2.HI/c1-26-24(27-19-22-11-8-16-31-23(22)21-9-4-2-5-10-21)28-20-25(12-6-3-7-13-25)29-14-17-30-18-15-29;/h2,4-5,9-10,22-23H,3,6-8,11-20H2,1H3,(H2,26,27,28);1H. The first-order chi connectivity index (χ1) is 15.3. The Morgan fingerprint density at radius 1 is 1.03 bits per heavy atom. The Hall–Kier alpha value is -0.900. The smallest absolute Gasteiger partial charge is 0.191 e. The fourth-order valence-corrected chi connectivity index (χ4v) is 5.61. The van der Waals surface area contributed by atoms with Crippen LogP contribution in [-0.2, 0) is 9.47 Å². The van der Waals surface area contributed by atoms with E-state index in [-0.39, 0.29) is 35.6 Å². The van der Waals surface area contributed by atoms with Crippen LogP contribution < -0.4 is 10.6 Å². The number of halogens is 1. The van der Waals surface area contributed by atoms with E-state index >= 15 is 0 Å². The molecule has 7 heteroatoms. The molecule has 0 amide bonds. The molecular weight excluding hydrogens is 515 g/mol. The predicted octanol–water partition coefficient (Wildman–Crippen LogP) is 3.97. The van der Waals surface area contributed by atoms with Crippen molar-refractivity contribution in [3.05, 3.63) is 35.9 Å². The van der Waals surface area contributed by atoms with Crippen molar-refractivity contribution in [3.63, 3.8) is 0 Å². The van der Waals surface area contributed by atoms with E-state index in [0.717, 1.165) is 58.4 Å². The molecule has 2 heterocycles. The van der Waals surface area contributed by atoms with Crippen molar-refractivity contribution in [2.45, 2.75) is 56.6 Å². The molecule has 3 aliphatic rings. The second-order valence-electron chi connectivity index (χ2n) is 9.30. The molecule has 2 aliphatic heterocycles. The van der Waals surface area contributed by atoms with Gasteiger partial charge in [0.25, 0.3) is 0 Å². The molecule has 2 N–H and O–H groups in total. The lowest BCUT2D eigenvalue weighted by Crippen LogP contribution is -2.60. The number of rotatable bonds is 6. The first kappa shape index (κ1) is 25.7. The van der Waals surface area contributed by atoms with Crippen LogP contribution in [0.5, 0.6) is 0 Å². The number of nitrogens with zero attached hydrogens (tertiary/aromatic N) is 2. The molecule has 3 fully saturated rings. The van der Waals surface area contributed by atoms with Crippen molar-refractivity contribution < 1.29 is 9.47 Å². The third-order valence-corrected chi connectivity index (χ3v) is 7.38. The van der Waals surface area contributed by atoms with Gasteiger partial charge < -0.3 is 20.1 Å². The fraction of sp³-hybridized carbons (Fsp3) is 0.720. The highest BCUT2D eigenvalue weighted by Crippen LogP contribution is 2.34. The van der Waals surface area contributed by atoms with Crippen LogP contribution in [0.4, 0.5) is 0 Å². The minimum atomic E-state index is 0. The number of guanidine groups is 1. The van der Waals surface area contributed by atoms with E-state index in [2.05, 4.69) is 50.9 Å². The van der Waals surface area contributed by atoms with E-state index in [0.29, 0.717) is 5.92 Å². The Labute approximate surface area is 210 Å². The van der Waals surface area contributed by atoms with E-state index in [1.807, 2.05) is 7.05 Å². The molecule has 2 unspecified atom stereocenters. The summed E-state index contributed by atoms with van der Waals surface area (Å²) in [5.74, 6) is 1.37. The summed E-state index contributed by atoms with van der Waals surface area (Å²) in [5.41, 5.74) is 1.52. The van der Waals surface area contributed by atoms with Gasteiger partial charge in [-0.1, -0.05) is 49.6 Å². The first-order valence-corrected chi connectivity index (χ1v) is 12.2. The quantitative estimate of drug-likeness (QED) is 0.316. The minimum absolute atomic E-state index is 0. The lowest BCUT2D eigenvalue weighted by Gasteiger charge is -2.48. The van der Waals surface area contributed by atoms with Gasteiger partial charge >= 0.3 is 0 Å². The van der Waals surface area contributed by atoms with Gasteiger partial charge in [-0.25, -0.2) is 0 Å². The number of benzene rings is 1. The van der Waals surface area contributed by atoms with Gasteiger partial charge in [0, 0.05) is 51.3 Å². The second-order valence-corrected chi connectivity index (χ2v) is 9.30. The van der Waals surface area contributed by atoms with E-state index in [9.17, 15) is 0 Å². The van der Waals surface area contributed by atoms with E-state index in [4.69, 9.17) is 9.47 Å². The number of nitrogens with one attached hydrogen (secondary N) is 2. The Kier molecular flexibility index (Phi) is 10.5. The molecule has 0 radical (unpaired) electrons. The van der Waals surface area contributed by atoms with Crippen molar-refractivity contribution in [3.8, 4) is 0 Å². The molecule has 6 nitrogen and oxygen atoms in total. The SMILES string of the molecule is CN=C(NCC1CCCOC1c1ccccc1)NCC1(N2CCOCC2)CCCCC1.I. The van der Waals surface area contributed by atoms with Crippen LogP contribution in [0, 0.1) is 5.92 Å². The maximum Gasteiger partial charge on any atom is 0.191 e. The minimum Gasteiger partial charge on any atom is -0.379 e. The number of aliphatic imine (C=N–C) groups is 1. The van der Waals surface area contributed by atoms with Gasteiger partial charge in [-0.15, -0.1) is 24.0 Å². The zero-order valence-electron chi connectivity index (χ0n) is 19.6. The largest absolute Gasteiger partial charge is 0.379 e. The first-order valence-electron chi connectivity index (χ1n) is 12.2. The Morgan fingerprint density at radius 2 is 1.78 bits per heavy atom. The lowest BCUT2D eigenvalue weighted by molar-refractivity contribution is -0.0354. The zero-order chi connectivity index (χ0) is 21.4. The molecule has 180 valence electrons. The van der Waals surface area contributed by atoms with Crippen LogP contribution in [0.15, 0.2) is 35.3 Å². The molecular formula is C25H41IN4O2. The number of hydrogen-bond donors (Lipinski definition) is 2. The average molecular weight is 557 g/mol. The molecule has 1 saturated carbocycles. The topological polar surface area (TPSA) is 58.1 Å². The summed E-state index contributed by atoms with van der Waals surface area (Å²) in [6, 6.07) is 10.7. The molecule has 1 aliphatic carbocycles. The molecule has 4 rings (SSSR count). The van der Waals surface area contributed by atoms with Crippen LogP contribution in [-0.4, -0.2) is 69.4 Å². The highest BCUT2D eigenvalue weighted by atomic mass is 127. The van der Waals surface area contributed by atoms with Crippen LogP contribution in [0.3, 0.4) is 0 Å². The van der Waals surface area contributed by atoms with E-state index in [1.54, 1.807) is 0 Å². The molecule has 0 spiro atoms. The highest BCUT2D eigenvalue weighted by molar-refractivity contribution is 14.0. The maximum atomic E-state index is 6.17. The Morgan fingerprint density at radius 3 is 2.50 bits per heavy atom. The van der Waals surface area contributed by atoms with Gasteiger partial charge in [0.15, 0.2) is 5.96 Å². The van der Waals surface area contributed by atoms with E-state index in [1.165, 1.54) is 44.1 Å². The number of hydrogen-bond acceptors (Lipinski definition) is 4. The number of morpholine rings is 1. The molecule has 1 aromatic carbocycles. The third kappa shape index (κ3) is 6.58. The molecule has 1 aromatic rings. The van der Waals surface area contributed by atoms with Crippen LogP contribution in [0.25, 0.3) is 0 Å². The second kappa shape index (κ2) is 13.1. The van der Waals surface area contributed by atoms with Crippen molar-refractivity contribution in [2.75, 3.05) is 53.0 Å². The average Bonchev–Trinajstić information content (AvgIpc) is 2.86. The molecule has 0 bridgehead atoms. The number of ether oxygens (including phenoxy) is 2. The summed E-state index contributed by atoms with van der Waals surface area (Å²) >= 11 is 0. The Bertz CT molecular complexity index is 690. The van der Waals surface area contributed by atoms with Gasteiger partial charge in [-0.2, -0.15) is 0 Å². The van der Waals surface area contributed by atoms with Crippen LogP contribution in [0.1, 0.15) is 56.6 Å². The summed E-state index contributed by atoms with van der Waals surface area (Å²) in [5, 5.41) is 7.30. The lowest BCUT2D eigenvalue weighted by atomic mass is 9.80. The summed E-state index contributed by atoms with van der Waals surface area (Å²) < 4.78 is 11.8. The maximum absolute atomic E-state index is 6.17. The monoisotopic (exact) mass is 556 g/mol. The van der Waals surface area contributed by atoms with E-state index < -0.39 is 0 Å². The van der Waals surface area contributed by atoms with Crippen molar-refractivity contribution in [1.82, 2.24) is 15.5 Å². The van der Waals surface area contributed by atoms with Crippen molar-refractivity contribution in [2.24, 2.45) is 10.9 Å². The third-order valence-electron chi connectivity index (χ3n) is 7.38. The van der Waals surface area contributed by atoms with Crippen molar-refractivity contribution in [1.29, 1.82) is 0 Å². The summed E-state index contributed by atoms with van der Waals surface area (Å²) in [7, 11) is 1.88. The summed E-state index contributed by atoms with van der Waals surface area (Å²) in [4.78, 5) is 7.22. The van der Waals surface area contributed by atoms with Gasteiger partial charge in [-0.3, -0.25) is 9.89 Å². The van der Waals surface area contributed by atoms with Crippen LogP contribution in [0.2, 0.25) is 0 Å². The van der Waals surface area contributed by atoms with Crippen molar-refractivity contribution >= 4 is 29.9 Å². The highest BCUT2D eigenvalue weighted by Gasteiger charge is 2.38. The summed E-state index contributed by atoms with van der Waals surface area (Å²) in [6.07, 6.45) is 9.02.